The lowest BCUT2D eigenvalue weighted by molar-refractivity contribution is -0.167. The molecule has 0 spiro atoms. The molecule has 0 bridgehead atoms. The number of carbonyl (C=O) groups is 3. The van der Waals surface area contributed by atoms with Crippen LogP contribution in [0.3, 0.4) is 0 Å². The molecule has 0 radical (unpaired) electrons. The summed E-state index contributed by atoms with van der Waals surface area (Å²) < 4.78 is 16.9. The van der Waals surface area contributed by atoms with Gasteiger partial charge < -0.3 is 14.2 Å². The standard InChI is InChI=1S/C71H122O6/c1-4-7-10-13-16-19-22-24-26-28-30-32-34-35-37-38-40-42-44-46-49-52-55-58-61-64-70(73)76-67-68(66-75-69(72)63-60-57-54-51-48-21-18-15-12-9-6-3)77-71(74)65-62-59-56-53-50-47-45-43-41-39-36-33-31-29-27-25-23-20-17-14-11-8-5-2/h8,11,17,20,22,24-25,27-28,30-31,33-35,39,41,68H,4-7,9-10,12-16,18-19,21,23,26,29,32,36-38,40,42-67H2,1-3H3/b11-8-,20-17-,24-22-,27-25-,30-28-,33-31-,35-34-,41-39-. The van der Waals surface area contributed by atoms with Crippen molar-refractivity contribution in [1.82, 2.24) is 0 Å². The van der Waals surface area contributed by atoms with E-state index >= 15 is 0 Å². The van der Waals surface area contributed by atoms with Gasteiger partial charge in [-0.1, -0.05) is 291 Å². The van der Waals surface area contributed by atoms with Crippen molar-refractivity contribution in [3.63, 3.8) is 0 Å². The van der Waals surface area contributed by atoms with Crippen molar-refractivity contribution in [3.05, 3.63) is 97.2 Å². The number of allylic oxidation sites excluding steroid dienone is 16. The Kier molecular flexibility index (Phi) is 61.8. The number of rotatable bonds is 59. The largest absolute Gasteiger partial charge is 0.462 e. The molecule has 0 aromatic rings. The molecular weight excluding hydrogens is 949 g/mol. The first-order chi connectivity index (χ1) is 38.0. The second-order valence-electron chi connectivity index (χ2n) is 21.6. The molecule has 0 aliphatic carbocycles. The van der Waals surface area contributed by atoms with E-state index in [1.54, 1.807) is 0 Å². The molecule has 6 heteroatoms. The van der Waals surface area contributed by atoms with Gasteiger partial charge in [0.15, 0.2) is 6.10 Å². The van der Waals surface area contributed by atoms with Crippen molar-refractivity contribution in [1.29, 1.82) is 0 Å². The predicted octanol–water partition coefficient (Wildman–Crippen LogP) is 22.4. The molecule has 0 rings (SSSR count). The first-order valence-electron chi connectivity index (χ1n) is 32.7. The van der Waals surface area contributed by atoms with E-state index < -0.39 is 6.10 Å². The van der Waals surface area contributed by atoms with Crippen LogP contribution in [0.15, 0.2) is 97.2 Å². The smallest absolute Gasteiger partial charge is 0.306 e. The normalized spacial score (nSPS) is 12.7. The van der Waals surface area contributed by atoms with Crippen molar-refractivity contribution in [2.24, 2.45) is 0 Å². The first-order valence-corrected chi connectivity index (χ1v) is 32.7. The van der Waals surface area contributed by atoms with Crippen molar-refractivity contribution >= 4 is 17.9 Å². The molecule has 0 aliphatic rings. The molecule has 0 aromatic carbocycles. The fraction of sp³-hybridized carbons (Fsp3) is 0.732. The molecule has 0 saturated carbocycles. The van der Waals surface area contributed by atoms with Crippen LogP contribution in [-0.2, 0) is 28.6 Å². The van der Waals surface area contributed by atoms with Crippen LogP contribution in [0.25, 0.3) is 0 Å². The summed E-state index contributed by atoms with van der Waals surface area (Å²) in [5, 5.41) is 0. The number of hydrogen-bond acceptors (Lipinski definition) is 6. The fourth-order valence-electron chi connectivity index (χ4n) is 9.18. The van der Waals surface area contributed by atoms with Gasteiger partial charge >= 0.3 is 17.9 Å². The zero-order valence-electron chi connectivity index (χ0n) is 50.7. The van der Waals surface area contributed by atoms with Crippen LogP contribution >= 0.6 is 0 Å². The van der Waals surface area contributed by atoms with Crippen LogP contribution in [0.2, 0.25) is 0 Å². The van der Waals surface area contributed by atoms with Gasteiger partial charge in [-0.2, -0.15) is 0 Å². The molecule has 1 atom stereocenters. The Morgan fingerprint density at radius 3 is 0.792 bits per heavy atom. The molecule has 442 valence electrons. The summed E-state index contributed by atoms with van der Waals surface area (Å²) in [6.45, 7) is 6.52. The van der Waals surface area contributed by atoms with Gasteiger partial charge in [0.2, 0.25) is 0 Å². The van der Waals surface area contributed by atoms with E-state index in [4.69, 9.17) is 14.2 Å². The average Bonchev–Trinajstić information content (AvgIpc) is 3.43. The van der Waals surface area contributed by atoms with Crippen LogP contribution in [0.1, 0.15) is 316 Å². The molecule has 77 heavy (non-hydrogen) atoms. The van der Waals surface area contributed by atoms with Crippen LogP contribution in [0, 0.1) is 0 Å². The minimum atomic E-state index is -0.785. The molecule has 0 aliphatic heterocycles. The van der Waals surface area contributed by atoms with E-state index in [1.807, 2.05) is 0 Å². The van der Waals surface area contributed by atoms with Gasteiger partial charge in [-0.3, -0.25) is 14.4 Å². The van der Waals surface area contributed by atoms with E-state index in [-0.39, 0.29) is 31.1 Å². The number of hydrogen-bond donors (Lipinski definition) is 0. The van der Waals surface area contributed by atoms with Gasteiger partial charge in [-0.05, 0) is 103 Å². The lowest BCUT2D eigenvalue weighted by Crippen LogP contribution is -2.30. The topological polar surface area (TPSA) is 78.9 Å². The fourth-order valence-corrected chi connectivity index (χ4v) is 9.18. The monoisotopic (exact) mass is 1070 g/mol. The van der Waals surface area contributed by atoms with E-state index in [9.17, 15) is 14.4 Å². The molecule has 0 amide bonds. The van der Waals surface area contributed by atoms with Gasteiger partial charge in [-0.25, -0.2) is 0 Å². The van der Waals surface area contributed by atoms with Gasteiger partial charge in [-0.15, -0.1) is 0 Å². The highest BCUT2D eigenvalue weighted by Crippen LogP contribution is 2.16. The second kappa shape index (κ2) is 64.9. The van der Waals surface area contributed by atoms with E-state index in [0.29, 0.717) is 19.3 Å². The van der Waals surface area contributed by atoms with Crippen molar-refractivity contribution in [3.8, 4) is 0 Å². The number of carbonyl (C=O) groups excluding carboxylic acids is 3. The van der Waals surface area contributed by atoms with Crippen LogP contribution < -0.4 is 0 Å². The summed E-state index contributed by atoms with van der Waals surface area (Å²) in [7, 11) is 0. The van der Waals surface area contributed by atoms with Gasteiger partial charge in [0, 0.05) is 19.3 Å². The molecule has 0 heterocycles. The molecule has 1 unspecified atom stereocenters. The third-order valence-corrected chi connectivity index (χ3v) is 14.1. The molecule has 0 aromatic heterocycles. The van der Waals surface area contributed by atoms with E-state index in [2.05, 4.69) is 118 Å². The quantitative estimate of drug-likeness (QED) is 0.0261. The molecule has 6 nitrogen and oxygen atoms in total. The molecule has 0 saturated heterocycles. The zero-order chi connectivity index (χ0) is 55.7. The molecular formula is C71H122O6. The third kappa shape index (κ3) is 63.0. The summed E-state index contributed by atoms with van der Waals surface area (Å²) in [6, 6.07) is 0. The van der Waals surface area contributed by atoms with E-state index in [0.717, 1.165) is 109 Å². The maximum absolute atomic E-state index is 12.9. The van der Waals surface area contributed by atoms with Gasteiger partial charge in [0.25, 0.3) is 0 Å². The number of ether oxygens (including phenoxy) is 3. The highest BCUT2D eigenvalue weighted by molar-refractivity contribution is 5.71. The van der Waals surface area contributed by atoms with E-state index in [1.165, 1.54) is 167 Å². The maximum Gasteiger partial charge on any atom is 0.306 e. The van der Waals surface area contributed by atoms with Crippen LogP contribution in [0.5, 0.6) is 0 Å². The van der Waals surface area contributed by atoms with Crippen molar-refractivity contribution in [2.45, 2.75) is 322 Å². The third-order valence-electron chi connectivity index (χ3n) is 14.1. The Labute approximate surface area is 477 Å². The average molecular weight is 1070 g/mol. The summed E-state index contributed by atoms with van der Waals surface area (Å²) in [5.74, 6) is -0.886. The minimum Gasteiger partial charge on any atom is -0.462 e. The number of esters is 3. The van der Waals surface area contributed by atoms with Crippen molar-refractivity contribution in [2.75, 3.05) is 13.2 Å². The second-order valence-corrected chi connectivity index (χ2v) is 21.6. The zero-order valence-corrected chi connectivity index (χ0v) is 50.7. The molecule has 0 fully saturated rings. The first kappa shape index (κ1) is 73.3. The molecule has 0 N–H and O–H groups in total. The SMILES string of the molecule is CC/C=C\C/C=C\C/C=C\C/C=C\C/C=C\CCCCCCCCCC(=O)OC(COC(=O)CCCCCCCCCCCCC)COC(=O)CCCCCCCCCCCC/C=C\C/C=C\C/C=C\CCCCCCC. The van der Waals surface area contributed by atoms with Crippen LogP contribution in [0.4, 0.5) is 0 Å². The summed E-state index contributed by atoms with van der Waals surface area (Å²) in [6.07, 6.45) is 87.0. The lowest BCUT2D eigenvalue weighted by atomic mass is 10.0. The Balaban J connectivity index is 4.31. The Hall–Kier alpha value is -3.67. The summed E-state index contributed by atoms with van der Waals surface area (Å²) in [4.78, 5) is 38.3. The lowest BCUT2D eigenvalue weighted by Gasteiger charge is -2.18. The predicted molar refractivity (Wildman–Crippen MR) is 334 cm³/mol. The maximum atomic E-state index is 12.9. The highest BCUT2D eigenvalue weighted by atomic mass is 16.6. The Morgan fingerprint density at radius 1 is 0.273 bits per heavy atom. The highest BCUT2D eigenvalue weighted by Gasteiger charge is 2.19. The summed E-state index contributed by atoms with van der Waals surface area (Å²) >= 11 is 0. The minimum absolute atomic E-state index is 0.0812. The van der Waals surface area contributed by atoms with Crippen molar-refractivity contribution < 1.29 is 28.6 Å². The Bertz CT molecular complexity index is 1510. The van der Waals surface area contributed by atoms with Gasteiger partial charge in [0.1, 0.15) is 13.2 Å². The van der Waals surface area contributed by atoms with Crippen LogP contribution in [-0.4, -0.2) is 37.2 Å². The number of unbranched alkanes of at least 4 members (excludes halogenated alkanes) is 32. The Morgan fingerprint density at radius 2 is 0.506 bits per heavy atom. The summed E-state index contributed by atoms with van der Waals surface area (Å²) in [5.41, 5.74) is 0. The van der Waals surface area contributed by atoms with Gasteiger partial charge in [0.05, 0.1) is 0 Å².